The van der Waals surface area contributed by atoms with Crippen molar-refractivity contribution in [2.75, 3.05) is 6.54 Å². The van der Waals surface area contributed by atoms with E-state index in [4.69, 9.17) is 12.2 Å². The number of nitrogens with one attached hydrogen (secondary N) is 1. The Balaban J connectivity index is 2.88. The summed E-state index contributed by atoms with van der Waals surface area (Å²) >= 11 is 5.18. The van der Waals surface area contributed by atoms with Gasteiger partial charge in [-0.3, -0.25) is 0 Å². The molecule has 2 N–H and O–H groups in total. The summed E-state index contributed by atoms with van der Waals surface area (Å²) in [5.74, 6) is 0. The number of hydrogen-bond donors (Lipinski definition) is 2. The van der Waals surface area contributed by atoms with E-state index in [0.717, 1.165) is 6.54 Å². The Kier molecular flexibility index (Phi) is 2.56. The van der Waals surface area contributed by atoms with Crippen LogP contribution in [-0.4, -0.2) is 32.9 Å². The molecule has 4 heteroatoms. The summed E-state index contributed by atoms with van der Waals surface area (Å²) in [6.07, 6.45) is 0.675. The predicted molar refractivity (Wildman–Crippen MR) is 57.4 cm³/mol. The number of rotatable bonds is 1. The lowest BCUT2D eigenvalue weighted by atomic mass is 9.90. The van der Waals surface area contributed by atoms with Crippen LogP contribution in [0, 0.1) is 0 Å². The minimum absolute atomic E-state index is 0.119. The van der Waals surface area contributed by atoms with Crippen LogP contribution in [-0.2, 0) is 0 Å². The van der Waals surface area contributed by atoms with Gasteiger partial charge in [0.25, 0.3) is 0 Å². The lowest BCUT2D eigenvalue weighted by Gasteiger charge is -2.49. The van der Waals surface area contributed by atoms with Gasteiger partial charge < -0.3 is 15.3 Å². The zero-order chi connectivity index (χ0) is 10.3. The molecule has 0 aromatic carbocycles. The highest BCUT2D eigenvalue weighted by atomic mass is 32.1. The van der Waals surface area contributed by atoms with E-state index in [1.807, 2.05) is 32.6 Å². The molecule has 1 saturated heterocycles. The Labute approximate surface area is 85.1 Å². The average Bonchev–Trinajstić information content (AvgIpc) is 1.79. The second-order valence-electron chi connectivity index (χ2n) is 4.45. The third-order valence-electron chi connectivity index (χ3n) is 2.37. The van der Waals surface area contributed by atoms with E-state index in [2.05, 4.69) is 5.32 Å². The van der Waals surface area contributed by atoms with Crippen molar-refractivity contribution in [2.45, 2.75) is 45.4 Å². The number of thiocarbonyl (C=S) groups is 1. The van der Waals surface area contributed by atoms with Crippen molar-refractivity contribution >= 4 is 17.3 Å². The van der Waals surface area contributed by atoms with Crippen molar-refractivity contribution in [2.24, 2.45) is 0 Å². The second-order valence-corrected chi connectivity index (χ2v) is 4.84. The van der Waals surface area contributed by atoms with Gasteiger partial charge in [-0.15, -0.1) is 0 Å². The molecule has 1 fully saturated rings. The molecule has 1 rings (SSSR count). The van der Waals surface area contributed by atoms with Crippen LogP contribution in [0.1, 0.15) is 34.1 Å². The molecule has 0 bridgehead atoms. The highest BCUT2D eigenvalue weighted by Crippen LogP contribution is 2.28. The molecule has 1 aliphatic heterocycles. The van der Waals surface area contributed by atoms with Gasteiger partial charge in [0.15, 0.2) is 5.11 Å². The Morgan fingerprint density at radius 1 is 1.54 bits per heavy atom. The smallest absolute Gasteiger partial charge is 0.171 e. The van der Waals surface area contributed by atoms with E-state index >= 15 is 0 Å². The van der Waals surface area contributed by atoms with Crippen molar-refractivity contribution in [3.63, 3.8) is 0 Å². The van der Waals surface area contributed by atoms with Crippen LogP contribution < -0.4 is 5.32 Å². The molecule has 1 aliphatic rings. The maximum atomic E-state index is 10.1. The predicted octanol–water partition coefficient (Wildman–Crippen LogP) is 1.07. The van der Waals surface area contributed by atoms with Crippen molar-refractivity contribution in [3.8, 4) is 0 Å². The SMILES string of the molecule is CCN1C(=S)NC(C)(C)CC1(C)O. The van der Waals surface area contributed by atoms with E-state index in [-0.39, 0.29) is 5.54 Å². The Morgan fingerprint density at radius 3 is 2.46 bits per heavy atom. The van der Waals surface area contributed by atoms with Gasteiger partial charge >= 0.3 is 0 Å². The fraction of sp³-hybridized carbons (Fsp3) is 0.889. The van der Waals surface area contributed by atoms with Crippen molar-refractivity contribution < 1.29 is 5.11 Å². The fourth-order valence-corrected chi connectivity index (χ4v) is 2.64. The highest BCUT2D eigenvalue weighted by Gasteiger charge is 2.41. The molecule has 13 heavy (non-hydrogen) atoms. The van der Waals surface area contributed by atoms with Crippen LogP contribution in [0.5, 0.6) is 0 Å². The van der Waals surface area contributed by atoms with Gasteiger partial charge in [0.05, 0.1) is 0 Å². The molecule has 0 aromatic heterocycles. The van der Waals surface area contributed by atoms with Gasteiger partial charge in [-0.05, 0) is 39.9 Å². The molecule has 0 amide bonds. The minimum Gasteiger partial charge on any atom is -0.371 e. The van der Waals surface area contributed by atoms with E-state index in [9.17, 15) is 5.11 Å². The number of hydrogen-bond acceptors (Lipinski definition) is 2. The first-order valence-corrected chi connectivity index (χ1v) is 5.01. The number of nitrogens with zero attached hydrogens (tertiary/aromatic N) is 1. The Bertz CT molecular complexity index is 226. The molecule has 0 saturated carbocycles. The Morgan fingerprint density at radius 2 is 2.08 bits per heavy atom. The molecule has 1 atom stereocenters. The fourth-order valence-electron chi connectivity index (χ4n) is 2.04. The zero-order valence-electron chi connectivity index (χ0n) is 8.72. The molecule has 3 nitrogen and oxygen atoms in total. The molecule has 1 heterocycles. The maximum absolute atomic E-state index is 10.1. The lowest BCUT2D eigenvalue weighted by Crippen LogP contribution is -2.66. The van der Waals surface area contributed by atoms with Gasteiger partial charge in [-0.25, -0.2) is 0 Å². The molecule has 76 valence electrons. The van der Waals surface area contributed by atoms with Crippen LogP contribution in [0.4, 0.5) is 0 Å². The molecule has 0 aromatic rings. The van der Waals surface area contributed by atoms with E-state index in [1.54, 1.807) is 0 Å². The van der Waals surface area contributed by atoms with Crippen LogP contribution in [0.2, 0.25) is 0 Å². The van der Waals surface area contributed by atoms with Gasteiger partial charge in [0.2, 0.25) is 0 Å². The summed E-state index contributed by atoms with van der Waals surface area (Å²) in [7, 11) is 0. The van der Waals surface area contributed by atoms with Crippen molar-refractivity contribution in [3.05, 3.63) is 0 Å². The zero-order valence-corrected chi connectivity index (χ0v) is 9.53. The molecule has 0 spiro atoms. The van der Waals surface area contributed by atoms with E-state index < -0.39 is 5.72 Å². The number of aliphatic hydroxyl groups is 1. The first kappa shape index (κ1) is 10.7. The molecule has 1 unspecified atom stereocenters. The molecule has 0 radical (unpaired) electrons. The van der Waals surface area contributed by atoms with Crippen LogP contribution in [0.3, 0.4) is 0 Å². The second kappa shape index (κ2) is 3.10. The maximum Gasteiger partial charge on any atom is 0.171 e. The van der Waals surface area contributed by atoms with Gasteiger partial charge in [-0.2, -0.15) is 0 Å². The largest absolute Gasteiger partial charge is 0.371 e. The van der Waals surface area contributed by atoms with E-state index in [1.165, 1.54) is 0 Å². The van der Waals surface area contributed by atoms with Crippen molar-refractivity contribution in [1.29, 1.82) is 0 Å². The molecular formula is C9H18N2OS. The normalized spacial score (nSPS) is 33.0. The third-order valence-corrected chi connectivity index (χ3v) is 2.69. The van der Waals surface area contributed by atoms with Gasteiger partial charge in [0, 0.05) is 18.5 Å². The van der Waals surface area contributed by atoms with Crippen LogP contribution in [0.15, 0.2) is 0 Å². The van der Waals surface area contributed by atoms with Gasteiger partial charge in [0.1, 0.15) is 5.72 Å². The van der Waals surface area contributed by atoms with E-state index in [0.29, 0.717) is 11.5 Å². The molecule has 0 aliphatic carbocycles. The molecular weight excluding hydrogens is 184 g/mol. The summed E-state index contributed by atoms with van der Waals surface area (Å²) in [5.41, 5.74) is -0.938. The summed E-state index contributed by atoms with van der Waals surface area (Å²) < 4.78 is 0. The monoisotopic (exact) mass is 202 g/mol. The van der Waals surface area contributed by atoms with Gasteiger partial charge in [-0.1, -0.05) is 0 Å². The third kappa shape index (κ3) is 2.11. The minimum atomic E-state index is -0.819. The highest BCUT2D eigenvalue weighted by molar-refractivity contribution is 7.80. The topological polar surface area (TPSA) is 35.5 Å². The summed E-state index contributed by atoms with van der Waals surface area (Å²) in [6.45, 7) is 8.61. The summed E-state index contributed by atoms with van der Waals surface area (Å²) in [4.78, 5) is 1.81. The summed E-state index contributed by atoms with van der Waals surface area (Å²) in [6, 6.07) is 0. The lowest BCUT2D eigenvalue weighted by molar-refractivity contribution is -0.0860. The first-order chi connectivity index (χ1) is 5.78. The van der Waals surface area contributed by atoms with Crippen LogP contribution in [0.25, 0.3) is 0 Å². The standard InChI is InChI=1S/C9H18N2OS/c1-5-11-7(13)10-8(2,3)6-9(11,4)12/h12H,5-6H2,1-4H3,(H,10,13). The average molecular weight is 202 g/mol. The first-order valence-electron chi connectivity index (χ1n) is 4.61. The van der Waals surface area contributed by atoms with Crippen molar-refractivity contribution in [1.82, 2.24) is 10.2 Å². The summed E-state index contributed by atoms with van der Waals surface area (Å²) in [5, 5.41) is 14.0. The Hall–Kier alpha value is -0.350. The quantitative estimate of drug-likeness (QED) is 0.624. The van der Waals surface area contributed by atoms with Crippen LogP contribution >= 0.6 is 12.2 Å².